The molecule has 78 valence electrons. The van der Waals surface area contributed by atoms with Crippen LogP contribution in [0.15, 0.2) is 35.6 Å². The minimum absolute atomic E-state index is 0.465. The Morgan fingerprint density at radius 3 is 2.80 bits per heavy atom. The average Bonchev–Trinajstić information content (AvgIpc) is 2.61. The van der Waals surface area contributed by atoms with Crippen molar-refractivity contribution in [3.8, 4) is 0 Å². The van der Waals surface area contributed by atoms with Crippen LogP contribution >= 0.6 is 0 Å². The standard InChI is InChI=1S/C12H15N3/c1-9(2)15-6-5-11-4-3-10(8-14-13)7-12(11)15/h3-9H,13H2,1-2H3. The SMILES string of the molecule is CC(C)n1ccc2ccc(C=NN)cc21. The van der Waals surface area contributed by atoms with E-state index in [9.17, 15) is 0 Å². The third-order valence-electron chi connectivity index (χ3n) is 2.53. The van der Waals surface area contributed by atoms with Crippen molar-refractivity contribution in [3.63, 3.8) is 0 Å². The van der Waals surface area contributed by atoms with E-state index in [1.807, 2.05) is 6.07 Å². The molecule has 0 aliphatic heterocycles. The van der Waals surface area contributed by atoms with Gasteiger partial charge in [-0.1, -0.05) is 12.1 Å². The molecule has 0 aliphatic carbocycles. The van der Waals surface area contributed by atoms with Gasteiger partial charge in [0.05, 0.1) is 6.21 Å². The first-order chi connectivity index (χ1) is 7.22. The Morgan fingerprint density at radius 2 is 2.13 bits per heavy atom. The molecule has 0 saturated carbocycles. The van der Waals surface area contributed by atoms with Gasteiger partial charge in [-0.2, -0.15) is 5.10 Å². The number of rotatable bonds is 2. The minimum atomic E-state index is 0.465. The second-order valence-electron chi connectivity index (χ2n) is 3.91. The van der Waals surface area contributed by atoms with Gasteiger partial charge in [0.1, 0.15) is 0 Å². The highest BCUT2D eigenvalue weighted by atomic mass is 15.1. The summed E-state index contributed by atoms with van der Waals surface area (Å²) in [4.78, 5) is 0. The predicted molar refractivity (Wildman–Crippen MR) is 64.1 cm³/mol. The van der Waals surface area contributed by atoms with Crippen LogP contribution in [0.5, 0.6) is 0 Å². The maximum Gasteiger partial charge on any atom is 0.0538 e. The molecule has 0 atom stereocenters. The van der Waals surface area contributed by atoms with Crippen molar-refractivity contribution in [3.05, 3.63) is 36.0 Å². The van der Waals surface area contributed by atoms with E-state index in [2.05, 4.69) is 47.9 Å². The van der Waals surface area contributed by atoms with E-state index in [-0.39, 0.29) is 0 Å². The van der Waals surface area contributed by atoms with Gasteiger partial charge < -0.3 is 10.4 Å². The van der Waals surface area contributed by atoms with Gasteiger partial charge in [-0.3, -0.25) is 0 Å². The van der Waals surface area contributed by atoms with Gasteiger partial charge in [0, 0.05) is 17.8 Å². The summed E-state index contributed by atoms with van der Waals surface area (Å²) in [6, 6.07) is 8.80. The van der Waals surface area contributed by atoms with E-state index in [1.54, 1.807) is 6.21 Å². The fourth-order valence-electron chi connectivity index (χ4n) is 1.78. The third kappa shape index (κ3) is 1.73. The van der Waals surface area contributed by atoms with Crippen LogP contribution in [-0.4, -0.2) is 10.8 Å². The highest BCUT2D eigenvalue weighted by molar-refractivity contribution is 5.89. The van der Waals surface area contributed by atoms with Crippen LogP contribution in [0.3, 0.4) is 0 Å². The molecule has 0 unspecified atom stereocenters. The molecule has 0 radical (unpaired) electrons. The molecule has 0 saturated heterocycles. The van der Waals surface area contributed by atoms with Crippen LogP contribution in [0.25, 0.3) is 10.9 Å². The van der Waals surface area contributed by atoms with Gasteiger partial charge in [0.15, 0.2) is 0 Å². The zero-order valence-electron chi connectivity index (χ0n) is 9.01. The van der Waals surface area contributed by atoms with Crippen LogP contribution in [0, 0.1) is 0 Å². The summed E-state index contributed by atoms with van der Waals surface area (Å²) in [5.74, 6) is 5.14. The molecule has 3 heteroatoms. The van der Waals surface area contributed by atoms with Gasteiger partial charge in [-0.25, -0.2) is 0 Å². The van der Waals surface area contributed by atoms with E-state index in [0.717, 1.165) is 5.56 Å². The molecule has 1 aromatic carbocycles. The zero-order chi connectivity index (χ0) is 10.8. The molecule has 0 aliphatic rings. The topological polar surface area (TPSA) is 43.3 Å². The lowest BCUT2D eigenvalue weighted by Crippen LogP contribution is -1.98. The Hall–Kier alpha value is -1.77. The molecular formula is C12H15N3. The quantitative estimate of drug-likeness (QED) is 0.453. The molecule has 2 aromatic rings. The van der Waals surface area contributed by atoms with Crippen LogP contribution in [-0.2, 0) is 0 Å². The molecule has 2 rings (SSSR count). The Labute approximate surface area is 89.2 Å². The van der Waals surface area contributed by atoms with Gasteiger partial charge in [0.25, 0.3) is 0 Å². The molecule has 0 fully saturated rings. The molecule has 1 aromatic heterocycles. The number of nitrogens with zero attached hydrogens (tertiary/aromatic N) is 2. The van der Waals surface area contributed by atoms with Crippen LogP contribution in [0.2, 0.25) is 0 Å². The fraction of sp³-hybridized carbons (Fsp3) is 0.250. The molecule has 0 amide bonds. The van der Waals surface area contributed by atoms with Gasteiger partial charge in [-0.05, 0) is 36.9 Å². The van der Waals surface area contributed by atoms with Gasteiger partial charge in [0.2, 0.25) is 0 Å². The number of fused-ring (bicyclic) bond motifs is 1. The molecule has 0 spiro atoms. The summed E-state index contributed by atoms with van der Waals surface area (Å²) in [6.45, 7) is 4.34. The third-order valence-corrected chi connectivity index (χ3v) is 2.53. The first-order valence-corrected chi connectivity index (χ1v) is 5.06. The second-order valence-corrected chi connectivity index (χ2v) is 3.91. The number of hydrogen-bond donors (Lipinski definition) is 1. The van der Waals surface area contributed by atoms with Gasteiger partial charge in [-0.15, -0.1) is 0 Å². The highest BCUT2D eigenvalue weighted by Crippen LogP contribution is 2.20. The van der Waals surface area contributed by atoms with Crippen LogP contribution < -0.4 is 5.84 Å². The summed E-state index contributed by atoms with van der Waals surface area (Å²) in [7, 11) is 0. The van der Waals surface area contributed by atoms with E-state index < -0.39 is 0 Å². The maximum absolute atomic E-state index is 5.14. The zero-order valence-corrected chi connectivity index (χ0v) is 9.01. The molecular weight excluding hydrogens is 186 g/mol. The van der Waals surface area contributed by atoms with Crippen molar-refractivity contribution in [2.45, 2.75) is 19.9 Å². The predicted octanol–water partition coefficient (Wildman–Crippen LogP) is 2.51. The van der Waals surface area contributed by atoms with E-state index in [1.165, 1.54) is 10.9 Å². The van der Waals surface area contributed by atoms with Crippen molar-refractivity contribution in [2.24, 2.45) is 10.9 Å². The maximum atomic E-state index is 5.14. The van der Waals surface area contributed by atoms with Crippen LogP contribution in [0.1, 0.15) is 25.5 Å². The number of aromatic nitrogens is 1. The summed E-state index contributed by atoms with van der Waals surface area (Å²) in [6.07, 6.45) is 3.77. The Bertz CT molecular complexity index is 495. The Balaban J connectivity index is 2.61. The minimum Gasteiger partial charge on any atom is -0.345 e. The van der Waals surface area contributed by atoms with Crippen molar-refractivity contribution < 1.29 is 0 Å². The summed E-state index contributed by atoms with van der Waals surface area (Å²) >= 11 is 0. The number of benzene rings is 1. The molecule has 15 heavy (non-hydrogen) atoms. The fourth-order valence-corrected chi connectivity index (χ4v) is 1.78. The number of hydrogen-bond acceptors (Lipinski definition) is 2. The van der Waals surface area contributed by atoms with Crippen molar-refractivity contribution in [1.82, 2.24) is 4.57 Å². The monoisotopic (exact) mass is 201 g/mol. The van der Waals surface area contributed by atoms with Gasteiger partial charge >= 0.3 is 0 Å². The number of hydrazone groups is 1. The highest BCUT2D eigenvalue weighted by Gasteiger charge is 2.03. The van der Waals surface area contributed by atoms with Crippen molar-refractivity contribution >= 4 is 17.1 Å². The summed E-state index contributed by atoms with van der Waals surface area (Å²) in [5.41, 5.74) is 2.26. The average molecular weight is 201 g/mol. The normalized spacial score (nSPS) is 11.9. The smallest absolute Gasteiger partial charge is 0.0538 e. The second kappa shape index (κ2) is 3.77. The largest absolute Gasteiger partial charge is 0.345 e. The lowest BCUT2D eigenvalue weighted by molar-refractivity contribution is 0.623. The first-order valence-electron chi connectivity index (χ1n) is 5.06. The first kappa shape index (κ1) is 9.77. The molecule has 0 bridgehead atoms. The van der Waals surface area contributed by atoms with E-state index in [4.69, 9.17) is 5.84 Å². The lowest BCUT2D eigenvalue weighted by Gasteiger charge is -2.09. The molecule has 1 heterocycles. The van der Waals surface area contributed by atoms with Crippen LogP contribution in [0.4, 0.5) is 0 Å². The van der Waals surface area contributed by atoms with E-state index >= 15 is 0 Å². The Kier molecular flexibility index (Phi) is 2.46. The van der Waals surface area contributed by atoms with Crippen molar-refractivity contribution in [2.75, 3.05) is 0 Å². The Morgan fingerprint density at radius 1 is 1.33 bits per heavy atom. The summed E-state index contributed by atoms with van der Waals surface area (Å²) < 4.78 is 2.24. The summed E-state index contributed by atoms with van der Waals surface area (Å²) in [5, 5.41) is 4.79. The lowest BCUT2D eigenvalue weighted by atomic mass is 10.2. The van der Waals surface area contributed by atoms with E-state index in [0.29, 0.717) is 6.04 Å². The molecule has 2 N–H and O–H groups in total. The molecule has 3 nitrogen and oxygen atoms in total. The van der Waals surface area contributed by atoms with Crippen molar-refractivity contribution in [1.29, 1.82) is 0 Å². The number of nitrogens with two attached hydrogens (primary N) is 1.